The van der Waals surface area contributed by atoms with Gasteiger partial charge < -0.3 is 14.6 Å². The second-order valence-corrected chi connectivity index (χ2v) is 10.7. The molecular weight excluding hydrogens is 379 g/mol. The molecule has 31 heavy (non-hydrogen) atoms. The molecule has 2 heterocycles. The van der Waals surface area contributed by atoms with Crippen molar-refractivity contribution in [1.29, 1.82) is 5.41 Å². The molecule has 0 unspecified atom stereocenters. The predicted molar refractivity (Wildman–Crippen MR) is 133 cm³/mol. The van der Waals surface area contributed by atoms with Crippen molar-refractivity contribution in [2.24, 2.45) is 17.3 Å². The lowest BCUT2D eigenvalue weighted by molar-refractivity contribution is 0.397. The summed E-state index contributed by atoms with van der Waals surface area (Å²) in [6.07, 6.45) is 10.3. The summed E-state index contributed by atoms with van der Waals surface area (Å²) in [5.74, 6) is 2.18. The molecule has 2 aliphatic heterocycles. The number of allylic oxidation sites excluding steroid dienone is 1. The Morgan fingerprint density at radius 1 is 1.06 bits per heavy atom. The summed E-state index contributed by atoms with van der Waals surface area (Å²) in [6.45, 7) is 13.0. The zero-order chi connectivity index (χ0) is 21.6. The van der Waals surface area contributed by atoms with Gasteiger partial charge in [-0.2, -0.15) is 0 Å². The second kappa shape index (κ2) is 8.07. The fourth-order valence-corrected chi connectivity index (χ4v) is 5.32. The number of hydrogen-bond acceptors (Lipinski definition) is 3. The smallest absolute Gasteiger partial charge is 0.236 e. The van der Waals surface area contributed by atoms with Gasteiger partial charge in [-0.25, -0.2) is 0 Å². The molecule has 0 radical (unpaired) electrons. The van der Waals surface area contributed by atoms with E-state index >= 15 is 0 Å². The first kappa shape index (κ1) is 20.7. The third-order valence-electron chi connectivity index (χ3n) is 7.80. The van der Waals surface area contributed by atoms with Crippen LogP contribution in [0.5, 0.6) is 0 Å². The minimum Gasteiger partial charge on any atom is -0.418 e. The van der Waals surface area contributed by atoms with E-state index in [1.54, 1.807) is 0 Å². The Kier molecular flexibility index (Phi) is 5.39. The van der Waals surface area contributed by atoms with E-state index in [4.69, 9.17) is 5.41 Å². The van der Waals surface area contributed by atoms with E-state index in [0.717, 1.165) is 37.2 Å². The van der Waals surface area contributed by atoms with Crippen LogP contribution in [-0.2, 0) is 0 Å². The van der Waals surface area contributed by atoms with Crippen LogP contribution in [0.3, 0.4) is 0 Å². The summed E-state index contributed by atoms with van der Waals surface area (Å²) in [5.41, 5.74) is 5.14. The van der Waals surface area contributed by atoms with Gasteiger partial charge in [0, 0.05) is 31.0 Å². The first-order valence-corrected chi connectivity index (χ1v) is 12.3. The molecule has 1 aromatic rings. The van der Waals surface area contributed by atoms with Gasteiger partial charge in [0.05, 0.1) is 6.67 Å². The topological polar surface area (TPSA) is 33.6 Å². The van der Waals surface area contributed by atoms with Crippen molar-refractivity contribution in [3.05, 3.63) is 48.1 Å². The predicted octanol–water partition coefficient (Wildman–Crippen LogP) is 4.96. The molecule has 2 saturated carbocycles. The molecule has 0 amide bonds. The maximum atomic E-state index is 9.01. The van der Waals surface area contributed by atoms with Crippen molar-refractivity contribution in [3.63, 3.8) is 0 Å². The van der Waals surface area contributed by atoms with E-state index in [2.05, 4.69) is 65.4 Å². The lowest BCUT2D eigenvalue weighted by atomic mass is 9.84. The zero-order valence-electron chi connectivity index (χ0n) is 19.4. The number of nitrogens with one attached hydrogen (secondary N) is 1. The lowest BCUT2D eigenvalue weighted by Gasteiger charge is -2.27. The quantitative estimate of drug-likeness (QED) is 0.387. The number of hydrogen-bond donors (Lipinski definition) is 1. The van der Waals surface area contributed by atoms with Crippen LogP contribution in [0.15, 0.2) is 42.5 Å². The molecule has 4 aliphatic rings. The van der Waals surface area contributed by atoms with Gasteiger partial charge in [0.1, 0.15) is 5.84 Å². The number of rotatable bonds is 7. The van der Waals surface area contributed by atoms with Crippen molar-refractivity contribution >= 4 is 24.6 Å². The van der Waals surface area contributed by atoms with E-state index < -0.39 is 0 Å². The Balaban J connectivity index is 1.24. The van der Waals surface area contributed by atoms with Gasteiger partial charge in [-0.3, -0.25) is 5.41 Å². The molecule has 164 valence electrons. The molecule has 0 atom stereocenters. The molecule has 0 bridgehead atoms. The van der Waals surface area contributed by atoms with Crippen molar-refractivity contribution < 1.29 is 0 Å². The van der Waals surface area contributed by atoms with Crippen molar-refractivity contribution in [2.45, 2.75) is 52.3 Å². The Morgan fingerprint density at radius 3 is 2.39 bits per heavy atom. The van der Waals surface area contributed by atoms with Gasteiger partial charge >= 0.3 is 0 Å². The third kappa shape index (κ3) is 4.42. The van der Waals surface area contributed by atoms with Crippen LogP contribution in [-0.4, -0.2) is 49.4 Å². The highest BCUT2D eigenvalue weighted by atomic mass is 15.4. The maximum absolute atomic E-state index is 9.01. The molecule has 1 aromatic carbocycles. The van der Waals surface area contributed by atoms with Gasteiger partial charge in [-0.1, -0.05) is 45.0 Å². The first-order chi connectivity index (χ1) is 14.9. The van der Waals surface area contributed by atoms with Crippen molar-refractivity contribution in [1.82, 2.24) is 9.80 Å². The SMILES string of the molecule is C=C(c1ccc(N2BCCC2)cc1)N1CCN(C(=N)/C(=C\C(C)(C)C2CC2)C2CC2)C1. The molecular formula is C26H37BN4. The van der Waals surface area contributed by atoms with Crippen LogP contribution in [0, 0.1) is 22.7 Å². The van der Waals surface area contributed by atoms with Crippen LogP contribution in [0.1, 0.15) is 51.5 Å². The number of anilines is 1. The lowest BCUT2D eigenvalue weighted by Crippen LogP contribution is -2.32. The summed E-state index contributed by atoms with van der Waals surface area (Å²) in [4.78, 5) is 7.08. The highest BCUT2D eigenvalue weighted by Crippen LogP contribution is 2.49. The van der Waals surface area contributed by atoms with Crippen LogP contribution >= 0.6 is 0 Å². The minimum absolute atomic E-state index is 0.227. The molecule has 4 nitrogen and oxygen atoms in total. The first-order valence-electron chi connectivity index (χ1n) is 12.3. The van der Waals surface area contributed by atoms with E-state index in [0.29, 0.717) is 5.92 Å². The highest BCUT2D eigenvalue weighted by molar-refractivity contribution is 6.42. The molecule has 4 fully saturated rings. The third-order valence-corrected chi connectivity index (χ3v) is 7.80. The summed E-state index contributed by atoms with van der Waals surface area (Å²) < 4.78 is 0. The highest BCUT2D eigenvalue weighted by Gasteiger charge is 2.40. The van der Waals surface area contributed by atoms with Crippen LogP contribution in [0.25, 0.3) is 5.70 Å². The average Bonchev–Trinajstić information content (AvgIpc) is 3.70. The van der Waals surface area contributed by atoms with Gasteiger partial charge in [0.2, 0.25) is 7.41 Å². The van der Waals surface area contributed by atoms with E-state index in [9.17, 15) is 0 Å². The molecule has 0 aromatic heterocycles. The normalized spacial score (nSPS) is 22.1. The van der Waals surface area contributed by atoms with Crippen molar-refractivity contribution in [3.8, 4) is 0 Å². The molecule has 2 saturated heterocycles. The van der Waals surface area contributed by atoms with Crippen LogP contribution in [0.4, 0.5) is 5.69 Å². The summed E-state index contributed by atoms with van der Waals surface area (Å²) >= 11 is 0. The van der Waals surface area contributed by atoms with Crippen LogP contribution < -0.4 is 4.81 Å². The van der Waals surface area contributed by atoms with E-state index in [-0.39, 0.29) is 5.41 Å². The Bertz CT molecular complexity index is 873. The number of benzene rings is 1. The second-order valence-electron chi connectivity index (χ2n) is 10.7. The molecule has 5 heteroatoms. The monoisotopic (exact) mass is 416 g/mol. The minimum atomic E-state index is 0.227. The Labute approximate surface area is 188 Å². The number of nitrogens with zero attached hydrogens (tertiary/aromatic N) is 3. The Morgan fingerprint density at radius 2 is 1.77 bits per heavy atom. The van der Waals surface area contributed by atoms with Crippen LogP contribution in [0.2, 0.25) is 6.32 Å². The molecule has 2 aliphatic carbocycles. The fraction of sp³-hybridized carbons (Fsp3) is 0.577. The van der Waals surface area contributed by atoms with Gasteiger partial charge in [0.15, 0.2) is 0 Å². The molecule has 5 rings (SSSR count). The number of amidine groups is 1. The standard InChI is InChI=1S/C26H37BN4/c1-19(20-7-11-23(12-8-20)31-14-4-13-27-31)29-15-16-30(18-29)25(28)24(21-5-6-21)17-26(2,3)22-9-10-22/h7-8,11-12,17,21-22,27-28H,1,4-6,9-10,13-16,18H2,2-3H3/b24-17-,28-25?. The molecule has 0 spiro atoms. The van der Waals surface area contributed by atoms with Gasteiger partial charge in [0.25, 0.3) is 0 Å². The van der Waals surface area contributed by atoms with E-state index in [1.807, 2.05) is 0 Å². The largest absolute Gasteiger partial charge is 0.418 e. The summed E-state index contributed by atoms with van der Waals surface area (Å²) in [5, 5.41) is 9.01. The van der Waals surface area contributed by atoms with E-state index in [1.165, 1.54) is 69.2 Å². The van der Waals surface area contributed by atoms with Gasteiger partial charge in [-0.15, -0.1) is 0 Å². The van der Waals surface area contributed by atoms with Gasteiger partial charge in [-0.05, 0) is 72.6 Å². The Hall–Kier alpha value is -2.17. The maximum Gasteiger partial charge on any atom is 0.236 e. The molecule has 1 N–H and O–H groups in total. The van der Waals surface area contributed by atoms with Crippen molar-refractivity contribution in [2.75, 3.05) is 31.1 Å². The fourth-order valence-electron chi connectivity index (χ4n) is 5.32. The average molecular weight is 416 g/mol. The summed E-state index contributed by atoms with van der Waals surface area (Å²) in [7, 11) is 1.18. The summed E-state index contributed by atoms with van der Waals surface area (Å²) in [6, 6.07) is 8.93. The zero-order valence-corrected chi connectivity index (χ0v) is 19.4.